The summed E-state index contributed by atoms with van der Waals surface area (Å²) in [5.74, 6) is 1.63. The van der Waals surface area contributed by atoms with Crippen LogP contribution >= 0.6 is 0 Å². The van der Waals surface area contributed by atoms with Crippen LogP contribution in [-0.2, 0) is 4.79 Å². The van der Waals surface area contributed by atoms with Gasteiger partial charge in [0.15, 0.2) is 6.61 Å². The molecule has 1 aromatic carbocycles. The maximum Gasteiger partial charge on any atom is 0.263 e. The van der Waals surface area contributed by atoms with Gasteiger partial charge in [0.2, 0.25) is 0 Å². The Labute approximate surface area is 144 Å². The lowest BCUT2D eigenvalue weighted by Crippen LogP contribution is -2.23. The van der Waals surface area contributed by atoms with E-state index in [1.807, 2.05) is 17.7 Å². The Kier molecular flexibility index (Phi) is 6.01. The zero-order valence-electron chi connectivity index (χ0n) is 15.2. The standard InChI is InChI=1S/C19H27N3O2/c1-6-15(5)22-18(9-10-20-22)21-19(23)12-24-17-11-14(4)7-8-16(17)13(2)3/h7-11,13,15H,6,12H2,1-5H3,(H,21,23)/t15-/m0/s1. The fraction of sp³-hybridized carbons (Fsp3) is 0.474. The molecule has 5 nitrogen and oxygen atoms in total. The quantitative estimate of drug-likeness (QED) is 0.824. The van der Waals surface area contributed by atoms with Crippen molar-refractivity contribution in [2.45, 2.75) is 53.0 Å². The molecule has 0 aliphatic carbocycles. The van der Waals surface area contributed by atoms with Crippen LogP contribution in [0, 0.1) is 6.92 Å². The summed E-state index contributed by atoms with van der Waals surface area (Å²) in [6.07, 6.45) is 2.64. The number of carbonyl (C=O) groups excluding carboxylic acids is 1. The van der Waals surface area contributed by atoms with Gasteiger partial charge in [0.1, 0.15) is 11.6 Å². The fourth-order valence-corrected chi connectivity index (χ4v) is 2.50. The zero-order valence-corrected chi connectivity index (χ0v) is 15.2. The highest BCUT2D eigenvalue weighted by molar-refractivity contribution is 5.91. The highest BCUT2D eigenvalue weighted by Gasteiger charge is 2.13. The lowest BCUT2D eigenvalue weighted by molar-refractivity contribution is -0.118. The highest BCUT2D eigenvalue weighted by atomic mass is 16.5. The lowest BCUT2D eigenvalue weighted by atomic mass is 10.0. The first kappa shape index (κ1) is 18.0. The maximum atomic E-state index is 12.2. The van der Waals surface area contributed by atoms with E-state index in [1.165, 1.54) is 0 Å². The minimum Gasteiger partial charge on any atom is -0.483 e. The van der Waals surface area contributed by atoms with Crippen LogP contribution in [0.15, 0.2) is 30.5 Å². The number of ether oxygens (including phenoxy) is 1. The van der Waals surface area contributed by atoms with Crippen molar-refractivity contribution in [2.75, 3.05) is 11.9 Å². The van der Waals surface area contributed by atoms with Crippen LogP contribution in [0.4, 0.5) is 5.82 Å². The van der Waals surface area contributed by atoms with Gasteiger partial charge in [-0.25, -0.2) is 4.68 Å². The van der Waals surface area contributed by atoms with Gasteiger partial charge in [-0.1, -0.05) is 32.9 Å². The first-order valence-corrected chi connectivity index (χ1v) is 8.49. The SMILES string of the molecule is CC[C@H](C)n1nccc1NC(=O)COc1cc(C)ccc1C(C)C. The third-order valence-electron chi connectivity index (χ3n) is 4.10. The summed E-state index contributed by atoms with van der Waals surface area (Å²) < 4.78 is 7.60. The van der Waals surface area contributed by atoms with Crippen molar-refractivity contribution in [3.63, 3.8) is 0 Å². The van der Waals surface area contributed by atoms with E-state index in [2.05, 4.69) is 50.2 Å². The summed E-state index contributed by atoms with van der Waals surface area (Å²) in [6, 6.07) is 8.14. The molecule has 24 heavy (non-hydrogen) atoms. The van der Waals surface area contributed by atoms with Gasteiger partial charge in [-0.3, -0.25) is 4.79 Å². The monoisotopic (exact) mass is 329 g/mol. The molecule has 1 amide bonds. The summed E-state index contributed by atoms with van der Waals surface area (Å²) in [5, 5.41) is 7.14. The Hall–Kier alpha value is -2.30. The Morgan fingerprint density at radius 3 is 2.71 bits per heavy atom. The number of nitrogens with one attached hydrogen (secondary N) is 1. The van der Waals surface area contributed by atoms with Gasteiger partial charge >= 0.3 is 0 Å². The molecule has 130 valence electrons. The van der Waals surface area contributed by atoms with Crippen LogP contribution in [-0.4, -0.2) is 22.3 Å². The smallest absolute Gasteiger partial charge is 0.263 e. The van der Waals surface area contributed by atoms with Gasteiger partial charge in [-0.15, -0.1) is 0 Å². The summed E-state index contributed by atoms with van der Waals surface area (Å²) >= 11 is 0. The van der Waals surface area contributed by atoms with Crippen molar-refractivity contribution in [2.24, 2.45) is 0 Å². The second kappa shape index (κ2) is 7.99. The lowest BCUT2D eigenvalue weighted by Gasteiger charge is -2.16. The number of anilines is 1. The van der Waals surface area contributed by atoms with Gasteiger partial charge in [0, 0.05) is 6.07 Å². The predicted molar refractivity (Wildman–Crippen MR) is 96.6 cm³/mol. The van der Waals surface area contributed by atoms with E-state index >= 15 is 0 Å². The van der Waals surface area contributed by atoms with Crippen LogP contribution < -0.4 is 10.1 Å². The molecule has 5 heteroatoms. The Balaban J connectivity index is 2.02. The summed E-state index contributed by atoms with van der Waals surface area (Å²) in [6.45, 7) is 10.4. The molecule has 0 aliphatic rings. The van der Waals surface area contributed by atoms with E-state index in [0.29, 0.717) is 11.7 Å². The van der Waals surface area contributed by atoms with Crippen molar-refractivity contribution in [1.29, 1.82) is 0 Å². The van der Waals surface area contributed by atoms with Crippen LogP contribution in [0.1, 0.15) is 57.2 Å². The summed E-state index contributed by atoms with van der Waals surface area (Å²) in [7, 11) is 0. The van der Waals surface area contributed by atoms with E-state index in [1.54, 1.807) is 12.3 Å². The first-order valence-electron chi connectivity index (χ1n) is 8.49. The molecule has 2 rings (SSSR count). The normalized spacial score (nSPS) is 12.2. The van der Waals surface area contributed by atoms with Gasteiger partial charge in [-0.05, 0) is 43.4 Å². The number of aromatic nitrogens is 2. The Bertz CT molecular complexity index is 692. The number of carbonyl (C=O) groups is 1. The van der Waals surface area contributed by atoms with Gasteiger partial charge < -0.3 is 10.1 Å². The average Bonchev–Trinajstić information content (AvgIpc) is 3.00. The van der Waals surface area contributed by atoms with Crippen LogP contribution in [0.25, 0.3) is 0 Å². The number of nitrogens with zero attached hydrogens (tertiary/aromatic N) is 2. The van der Waals surface area contributed by atoms with Crippen LogP contribution in [0.3, 0.4) is 0 Å². The van der Waals surface area contributed by atoms with Gasteiger partial charge in [-0.2, -0.15) is 5.10 Å². The van der Waals surface area contributed by atoms with Crippen molar-refractivity contribution < 1.29 is 9.53 Å². The molecule has 1 atom stereocenters. The fourth-order valence-electron chi connectivity index (χ4n) is 2.50. The molecule has 0 unspecified atom stereocenters. The molecule has 1 heterocycles. The molecule has 0 saturated heterocycles. The Morgan fingerprint density at radius 2 is 2.04 bits per heavy atom. The van der Waals surface area contributed by atoms with Gasteiger partial charge in [0.25, 0.3) is 5.91 Å². The maximum absolute atomic E-state index is 12.2. The number of hydrogen-bond acceptors (Lipinski definition) is 3. The van der Waals surface area contributed by atoms with E-state index < -0.39 is 0 Å². The predicted octanol–water partition coefficient (Wildman–Crippen LogP) is 4.30. The van der Waals surface area contributed by atoms with E-state index in [-0.39, 0.29) is 18.6 Å². The molecule has 0 radical (unpaired) electrons. The molecule has 0 spiro atoms. The molecule has 0 aliphatic heterocycles. The van der Waals surface area contributed by atoms with Crippen LogP contribution in [0.5, 0.6) is 5.75 Å². The van der Waals surface area contributed by atoms with Crippen molar-refractivity contribution in [3.05, 3.63) is 41.6 Å². The second-order valence-corrected chi connectivity index (χ2v) is 6.45. The zero-order chi connectivity index (χ0) is 17.7. The third kappa shape index (κ3) is 4.37. The number of rotatable bonds is 7. The second-order valence-electron chi connectivity index (χ2n) is 6.45. The minimum absolute atomic E-state index is 0.0190. The topological polar surface area (TPSA) is 56.2 Å². The molecule has 0 bridgehead atoms. The largest absolute Gasteiger partial charge is 0.483 e. The van der Waals surface area contributed by atoms with E-state index in [0.717, 1.165) is 23.3 Å². The van der Waals surface area contributed by atoms with Crippen LogP contribution in [0.2, 0.25) is 0 Å². The highest BCUT2D eigenvalue weighted by Crippen LogP contribution is 2.27. The molecular weight excluding hydrogens is 302 g/mol. The molecular formula is C19H27N3O2. The molecule has 0 fully saturated rings. The van der Waals surface area contributed by atoms with Crippen molar-refractivity contribution >= 4 is 11.7 Å². The average molecular weight is 329 g/mol. The van der Waals surface area contributed by atoms with Crippen molar-refractivity contribution in [1.82, 2.24) is 9.78 Å². The molecule has 2 aromatic rings. The van der Waals surface area contributed by atoms with E-state index in [9.17, 15) is 4.79 Å². The third-order valence-corrected chi connectivity index (χ3v) is 4.10. The molecule has 1 aromatic heterocycles. The number of amides is 1. The summed E-state index contributed by atoms with van der Waals surface area (Å²) in [5.41, 5.74) is 2.22. The first-order chi connectivity index (χ1) is 11.4. The molecule has 1 N–H and O–H groups in total. The molecule has 0 saturated carbocycles. The van der Waals surface area contributed by atoms with Gasteiger partial charge in [0.05, 0.1) is 12.2 Å². The number of benzene rings is 1. The number of aryl methyl sites for hydroxylation is 1. The van der Waals surface area contributed by atoms with E-state index in [4.69, 9.17) is 4.74 Å². The summed E-state index contributed by atoms with van der Waals surface area (Å²) in [4.78, 5) is 12.2. The number of hydrogen-bond donors (Lipinski definition) is 1. The minimum atomic E-state index is -0.184. The Morgan fingerprint density at radius 1 is 1.29 bits per heavy atom. The van der Waals surface area contributed by atoms with Crippen molar-refractivity contribution in [3.8, 4) is 5.75 Å².